The van der Waals surface area contributed by atoms with Crippen LogP contribution in [-0.4, -0.2) is 4.98 Å². The van der Waals surface area contributed by atoms with Gasteiger partial charge in [0.15, 0.2) is 5.13 Å². The summed E-state index contributed by atoms with van der Waals surface area (Å²) in [7, 11) is 0. The van der Waals surface area contributed by atoms with Crippen molar-refractivity contribution in [2.75, 3.05) is 5.32 Å². The van der Waals surface area contributed by atoms with Crippen molar-refractivity contribution < 1.29 is 0 Å². The summed E-state index contributed by atoms with van der Waals surface area (Å²) >= 11 is 7.56. The van der Waals surface area contributed by atoms with Crippen molar-refractivity contribution in [1.82, 2.24) is 4.98 Å². The summed E-state index contributed by atoms with van der Waals surface area (Å²) in [5.41, 5.74) is 2.31. The molecule has 0 saturated carbocycles. The van der Waals surface area contributed by atoms with Gasteiger partial charge in [-0.25, -0.2) is 4.98 Å². The van der Waals surface area contributed by atoms with Gasteiger partial charge in [-0.3, -0.25) is 0 Å². The topological polar surface area (TPSA) is 24.9 Å². The summed E-state index contributed by atoms with van der Waals surface area (Å²) in [6.45, 7) is 6.24. The Labute approximate surface area is 111 Å². The number of nitrogens with zero attached hydrogens (tertiary/aromatic N) is 1. The van der Waals surface area contributed by atoms with E-state index in [1.807, 2.05) is 31.2 Å². The van der Waals surface area contributed by atoms with E-state index in [1.165, 1.54) is 10.4 Å². The van der Waals surface area contributed by atoms with Crippen LogP contribution >= 0.6 is 22.9 Å². The summed E-state index contributed by atoms with van der Waals surface area (Å²) in [5.74, 6) is 0. The fourth-order valence-corrected chi connectivity index (χ4v) is 2.58. The molecule has 0 aliphatic carbocycles. The second kappa shape index (κ2) is 5.07. The standard InChI is InChI=1S/C13H15ClN2S/c1-8-10(3)17-13(15-8)16-9(2)11-4-6-12(14)7-5-11/h4-7,9H,1-3H3,(H,15,16). The van der Waals surface area contributed by atoms with E-state index in [0.29, 0.717) is 0 Å². The zero-order chi connectivity index (χ0) is 12.4. The predicted molar refractivity (Wildman–Crippen MR) is 75.1 cm³/mol. The molecule has 0 saturated heterocycles. The summed E-state index contributed by atoms with van der Waals surface area (Å²) < 4.78 is 0. The molecule has 2 rings (SSSR count). The molecule has 0 aliphatic heterocycles. The molecule has 0 amide bonds. The van der Waals surface area contributed by atoms with Gasteiger partial charge in [0, 0.05) is 9.90 Å². The second-order valence-corrected chi connectivity index (χ2v) is 5.72. The van der Waals surface area contributed by atoms with Gasteiger partial charge in [0.2, 0.25) is 0 Å². The second-order valence-electron chi connectivity index (χ2n) is 4.08. The lowest BCUT2D eigenvalue weighted by molar-refractivity contribution is 0.880. The Kier molecular flexibility index (Phi) is 3.69. The molecule has 2 nitrogen and oxygen atoms in total. The first-order chi connectivity index (χ1) is 8.06. The molecule has 1 aromatic carbocycles. The Bertz CT molecular complexity index is 485. The van der Waals surface area contributed by atoms with Gasteiger partial charge in [-0.15, -0.1) is 11.3 Å². The van der Waals surface area contributed by atoms with Crippen molar-refractivity contribution >= 4 is 28.1 Å². The first-order valence-electron chi connectivity index (χ1n) is 5.52. The lowest BCUT2D eigenvalue weighted by Gasteiger charge is -2.13. The van der Waals surface area contributed by atoms with E-state index in [2.05, 4.69) is 24.1 Å². The first-order valence-corrected chi connectivity index (χ1v) is 6.71. The van der Waals surface area contributed by atoms with Crippen LogP contribution in [0.25, 0.3) is 0 Å². The van der Waals surface area contributed by atoms with E-state index in [0.717, 1.165) is 15.8 Å². The molecular weight excluding hydrogens is 252 g/mol. The number of benzene rings is 1. The Morgan fingerprint density at radius 2 is 1.88 bits per heavy atom. The van der Waals surface area contributed by atoms with Crippen LogP contribution in [0.3, 0.4) is 0 Å². The quantitative estimate of drug-likeness (QED) is 0.879. The average Bonchev–Trinajstić information content (AvgIpc) is 2.58. The minimum atomic E-state index is 0.234. The molecule has 1 heterocycles. The lowest BCUT2D eigenvalue weighted by Crippen LogP contribution is -2.05. The van der Waals surface area contributed by atoms with Crippen molar-refractivity contribution in [3.63, 3.8) is 0 Å². The third-order valence-electron chi connectivity index (χ3n) is 2.74. The minimum absolute atomic E-state index is 0.234. The monoisotopic (exact) mass is 266 g/mol. The van der Waals surface area contributed by atoms with Crippen molar-refractivity contribution in [3.05, 3.63) is 45.4 Å². The molecule has 0 aliphatic rings. The highest BCUT2D eigenvalue weighted by molar-refractivity contribution is 7.15. The van der Waals surface area contributed by atoms with E-state index in [4.69, 9.17) is 11.6 Å². The van der Waals surface area contributed by atoms with Crippen molar-refractivity contribution in [3.8, 4) is 0 Å². The number of halogens is 1. The van der Waals surface area contributed by atoms with Gasteiger partial charge in [0.05, 0.1) is 11.7 Å². The Hall–Kier alpha value is -1.06. The number of rotatable bonds is 3. The maximum absolute atomic E-state index is 5.87. The van der Waals surface area contributed by atoms with Gasteiger partial charge in [0.1, 0.15) is 0 Å². The van der Waals surface area contributed by atoms with Gasteiger partial charge in [-0.1, -0.05) is 23.7 Å². The van der Waals surface area contributed by atoms with Crippen molar-refractivity contribution in [2.45, 2.75) is 26.8 Å². The Morgan fingerprint density at radius 1 is 1.24 bits per heavy atom. The number of aromatic nitrogens is 1. The number of anilines is 1. The molecule has 1 aromatic heterocycles. The van der Waals surface area contributed by atoms with Crippen LogP contribution in [-0.2, 0) is 0 Å². The highest BCUT2D eigenvalue weighted by Gasteiger charge is 2.08. The van der Waals surface area contributed by atoms with Crippen LogP contribution < -0.4 is 5.32 Å². The molecule has 0 bridgehead atoms. The highest BCUT2D eigenvalue weighted by atomic mass is 35.5. The van der Waals surface area contributed by atoms with E-state index in [9.17, 15) is 0 Å². The lowest BCUT2D eigenvalue weighted by atomic mass is 10.1. The van der Waals surface area contributed by atoms with Crippen LogP contribution in [0.5, 0.6) is 0 Å². The zero-order valence-electron chi connectivity index (χ0n) is 10.1. The van der Waals surface area contributed by atoms with Gasteiger partial charge in [-0.2, -0.15) is 0 Å². The number of thiazole rings is 1. The van der Waals surface area contributed by atoms with Gasteiger partial charge in [-0.05, 0) is 38.5 Å². The van der Waals surface area contributed by atoms with E-state index < -0.39 is 0 Å². The summed E-state index contributed by atoms with van der Waals surface area (Å²) in [6.07, 6.45) is 0. The molecule has 1 atom stereocenters. The average molecular weight is 267 g/mol. The molecule has 0 fully saturated rings. The molecule has 4 heteroatoms. The fraction of sp³-hybridized carbons (Fsp3) is 0.308. The summed E-state index contributed by atoms with van der Waals surface area (Å²) in [4.78, 5) is 5.73. The molecular formula is C13H15ClN2S. The molecule has 2 aromatic rings. The van der Waals surface area contributed by atoms with Gasteiger partial charge >= 0.3 is 0 Å². The first kappa shape index (κ1) is 12.4. The molecule has 1 unspecified atom stereocenters. The summed E-state index contributed by atoms with van der Waals surface area (Å²) in [6, 6.07) is 8.12. The molecule has 0 radical (unpaired) electrons. The number of hydrogen-bond donors (Lipinski definition) is 1. The minimum Gasteiger partial charge on any atom is -0.355 e. The molecule has 17 heavy (non-hydrogen) atoms. The fourth-order valence-electron chi connectivity index (χ4n) is 1.55. The van der Waals surface area contributed by atoms with Crippen LogP contribution in [0.1, 0.15) is 29.1 Å². The number of aryl methyl sites for hydroxylation is 2. The Morgan fingerprint density at radius 3 is 2.41 bits per heavy atom. The van der Waals surface area contributed by atoms with Crippen LogP contribution in [0.2, 0.25) is 5.02 Å². The molecule has 90 valence electrons. The number of hydrogen-bond acceptors (Lipinski definition) is 3. The maximum atomic E-state index is 5.87. The zero-order valence-corrected chi connectivity index (χ0v) is 11.7. The van der Waals surface area contributed by atoms with Crippen LogP contribution in [0.4, 0.5) is 5.13 Å². The van der Waals surface area contributed by atoms with Gasteiger partial charge in [0.25, 0.3) is 0 Å². The largest absolute Gasteiger partial charge is 0.355 e. The van der Waals surface area contributed by atoms with E-state index in [1.54, 1.807) is 11.3 Å². The smallest absolute Gasteiger partial charge is 0.183 e. The van der Waals surface area contributed by atoms with E-state index >= 15 is 0 Å². The highest BCUT2D eigenvalue weighted by Crippen LogP contribution is 2.26. The predicted octanol–water partition coefficient (Wildman–Crippen LogP) is 4.59. The van der Waals surface area contributed by atoms with Crippen molar-refractivity contribution in [2.24, 2.45) is 0 Å². The van der Waals surface area contributed by atoms with Crippen LogP contribution in [0, 0.1) is 13.8 Å². The SMILES string of the molecule is Cc1nc(NC(C)c2ccc(Cl)cc2)sc1C. The molecule has 1 N–H and O–H groups in total. The Balaban J connectivity index is 2.11. The third kappa shape index (κ3) is 2.99. The summed E-state index contributed by atoms with van der Waals surface area (Å²) in [5, 5.41) is 5.14. The van der Waals surface area contributed by atoms with Crippen LogP contribution in [0.15, 0.2) is 24.3 Å². The maximum Gasteiger partial charge on any atom is 0.183 e. The normalized spacial score (nSPS) is 12.5. The number of nitrogens with one attached hydrogen (secondary N) is 1. The van der Waals surface area contributed by atoms with Gasteiger partial charge < -0.3 is 5.32 Å². The third-order valence-corrected chi connectivity index (χ3v) is 3.99. The molecule has 0 spiro atoms. The van der Waals surface area contributed by atoms with E-state index in [-0.39, 0.29) is 6.04 Å². The van der Waals surface area contributed by atoms with Crippen molar-refractivity contribution in [1.29, 1.82) is 0 Å².